The molecule has 0 amide bonds. The van der Waals surface area contributed by atoms with Crippen LogP contribution in [0.4, 0.5) is 0 Å². The largest absolute Gasteiger partial charge is 0.0825 e. The van der Waals surface area contributed by atoms with Crippen molar-refractivity contribution in [1.29, 1.82) is 0 Å². The minimum absolute atomic E-state index is 0.706. The Bertz CT molecular complexity index is 107. The summed E-state index contributed by atoms with van der Waals surface area (Å²) in [5, 5.41) is 0. The number of allylic oxidation sites excluding steroid dienone is 2. The molecule has 0 aliphatic carbocycles. The van der Waals surface area contributed by atoms with Crippen LogP contribution < -0.4 is 0 Å². The zero-order valence-corrected chi connectivity index (χ0v) is 7.94. The van der Waals surface area contributed by atoms with Gasteiger partial charge in [0, 0.05) is 0 Å². The second-order valence-electron chi connectivity index (χ2n) is 3.49. The van der Waals surface area contributed by atoms with Crippen LogP contribution in [0.15, 0.2) is 11.6 Å². The number of hydrogen-bond donors (Lipinski definition) is 0. The summed E-state index contributed by atoms with van der Waals surface area (Å²) in [5.74, 6) is 1.43. The Hall–Kier alpha value is -0.260. The summed E-state index contributed by atoms with van der Waals surface area (Å²) in [4.78, 5) is 0. The van der Waals surface area contributed by atoms with Gasteiger partial charge >= 0.3 is 0 Å². The zero-order valence-electron chi connectivity index (χ0n) is 7.94. The minimum Gasteiger partial charge on any atom is -0.0825 e. The van der Waals surface area contributed by atoms with Crippen molar-refractivity contribution >= 4 is 0 Å². The van der Waals surface area contributed by atoms with Gasteiger partial charge in [-0.15, -0.1) is 0 Å². The molecule has 0 heteroatoms. The first-order chi connectivity index (χ1) is 4.57. The van der Waals surface area contributed by atoms with Gasteiger partial charge in [0.2, 0.25) is 0 Å². The lowest BCUT2D eigenvalue weighted by atomic mass is 9.97. The molecule has 60 valence electrons. The summed E-state index contributed by atoms with van der Waals surface area (Å²) < 4.78 is 0. The molecule has 0 unspecified atom stereocenters. The maximum absolute atomic E-state index is 2.38. The first kappa shape index (κ1) is 9.74. The molecule has 0 bridgehead atoms. The fourth-order valence-electron chi connectivity index (χ4n) is 1.15. The second kappa shape index (κ2) is 4.54. The van der Waals surface area contributed by atoms with Crippen molar-refractivity contribution in [2.75, 3.05) is 0 Å². The Labute approximate surface area is 65.3 Å². The lowest BCUT2D eigenvalue weighted by Crippen LogP contribution is -1.94. The summed E-state index contributed by atoms with van der Waals surface area (Å²) >= 11 is 0. The Morgan fingerprint density at radius 3 is 1.80 bits per heavy atom. The maximum atomic E-state index is 2.38. The van der Waals surface area contributed by atoms with Gasteiger partial charge in [0.1, 0.15) is 0 Å². The van der Waals surface area contributed by atoms with Gasteiger partial charge in [-0.05, 0) is 18.3 Å². The molecule has 0 radical (unpaired) electrons. The van der Waals surface area contributed by atoms with Gasteiger partial charge in [0.15, 0.2) is 0 Å². The van der Waals surface area contributed by atoms with Crippen LogP contribution in [-0.4, -0.2) is 0 Å². The molecule has 0 saturated carbocycles. The van der Waals surface area contributed by atoms with E-state index in [4.69, 9.17) is 0 Å². The highest BCUT2D eigenvalue weighted by Crippen LogP contribution is 2.15. The molecule has 0 nitrogen and oxygen atoms in total. The van der Waals surface area contributed by atoms with E-state index in [0.29, 0.717) is 5.92 Å². The van der Waals surface area contributed by atoms with Crippen molar-refractivity contribution in [3.8, 4) is 0 Å². The highest BCUT2D eigenvalue weighted by molar-refractivity contribution is 5.04. The molecule has 0 aromatic carbocycles. The lowest BCUT2D eigenvalue weighted by molar-refractivity contribution is 0.700. The SMILES string of the molecule is CCC(=CC(C)C)C(C)C. The predicted molar refractivity (Wildman–Crippen MR) is 48.1 cm³/mol. The van der Waals surface area contributed by atoms with E-state index < -0.39 is 0 Å². The molecule has 0 fully saturated rings. The standard InChI is InChI=1S/C10H20/c1-6-10(9(4)5)7-8(2)3/h7-9H,6H2,1-5H3. The van der Waals surface area contributed by atoms with E-state index in [1.807, 2.05) is 0 Å². The Kier molecular flexibility index (Phi) is 4.42. The molecular formula is C10H20. The van der Waals surface area contributed by atoms with Gasteiger partial charge in [-0.1, -0.05) is 46.3 Å². The van der Waals surface area contributed by atoms with Gasteiger partial charge in [0.05, 0.1) is 0 Å². The van der Waals surface area contributed by atoms with Crippen LogP contribution in [0.2, 0.25) is 0 Å². The Morgan fingerprint density at radius 2 is 1.70 bits per heavy atom. The van der Waals surface area contributed by atoms with E-state index in [1.54, 1.807) is 5.57 Å². The molecule has 10 heavy (non-hydrogen) atoms. The third kappa shape index (κ3) is 3.71. The highest BCUT2D eigenvalue weighted by Gasteiger charge is 2.00. The van der Waals surface area contributed by atoms with Crippen LogP contribution in [-0.2, 0) is 0 Å². The van der Waals surface area contributed by atoms with E-state index in [1.165, 1.54) is 6.42 Å². The maximum Gasteiger partial charge on any atom is -0.0260 e. The minimum atomic E-state index is 0.706. The van der Waals surface area contributed by atoms with Gasteiger partial charge in [-0.3, -0.25) is 0 Å². The predicted octanol–water partition coefficient (Wildman–Crippen LogP) is 3.63. The zero-order chi connectivity index (χ0) is 8.15. The molecule has 0 spiro atoms. The molecule has 0 saturated heterocycles. The van der Waals surface area contributed by atoms with Crippen LogP contribution in [0, 0.1) is 11.8 Å². The van der Waals surface area contributed by atoms with Gasteiger partial charge in [0.25, 0.3) is 0 Å². The summed E-state index contributed by atoms with van der Waals surface area (Å²) in [5.41, 5.74) is 1.59. The fraction of sp³-hybridized carbons (Fsp3) is 0.800. The van der Waals surface area contributed by atoms with Crippen molar-refractivity contribution in [2.24, 2.45) is 11.8 Å². The van der Waals surface area contributed by atoms with Gasteiger partial charge < -0.3 is 0 Å². The quantitative estimate of drug-likeness (QED) is 0.525. The average Bonchev–Trinajstić information content (AvgIpc) is 1.81. The topological polar surface area (TPSA) is 0 Å². The van der Waals surface area contributed by atoms with Crippen molar-refractivity contribution in [3.05, 3.63) is 11.6 Å². The molecule has 0 aromatic rings. The number of hydrogen-bond acceptors (Lipinski definition) is 0. The Morgan fingerprint density at radius 1 is 1.20 bits per heavy atom. The van der Waals surface area contributed by atoms with Crippen LogP contribution in [0.3, 0.4) is 0 Å². The van der Waals surface area contributed by atoms with E-state index >= 15 is 0 Å². The van der Waals surface area contributed by atoms with Crippen molar-refractivity contribution in [2.45, 2.75) is 41.0 Å². The first-order valence-corrected chi connectivity index (χ1v) is 4.28. The van der Waals surface area contributed by atoms with Gasteiger partial charge in [-0.2, -0.15) is 0 Å². The highest BCUT2D eigenvalue weighted by atomic mass is 14.1. The molecule has 0 aliphatic rings. The normalized spacial score (nSPS) is 13.3. The third-order valence-corrected chi connectivity index (χ3v) is 1.70. The summed E-state index contributed by atoms with van der Waals surface area (Å²) in [6.07, 6.45) is 3.58. The fourth-order valence-corrected chi connectivity index (χ4v) is 1.15. The average molecular weight is 140 g/mol. The third-order valence-electron chi connectivity index (χ3n) is 1.70. The molecule has 0 rings (SSSR count). The van der Waals surface area contributed by atoms with Crippen molar-refractivity contribution < 1.29 is 0 Å². The van der Waals surface area contributed by atoms with Crippen molar-refractivity contribution in [1.82, 2.24) is 0 Å². The molecule has 0 aliphatic heterocycles. The monoisotopic (exact) mass is 140 g/mol. The van der Waals surface area contributed by atoms with Crippen LogP contribution >= 0.6 is 0 Å². The lowest BCUT2D eigenvalue weighted by Gasteiger charge is -2.09. The van der Waals surface area contributed by atoms with E-state index in [0.717, 1.165) is 5.92 Å². The van der Waals surface area contributed by atoms with Crippen LogP contribution in [0.1, 0.15) is 41.0 Å². The molecule has 0 heterocycles. The van der Waals surface area contributed by atoms with E-state index in [2.05, 4.69) is 40.7 Å². The van der Waals surface area contributed by atoms with Crippen LogP contribution in [0.5, 0.6) is 0 Å². The second-order valence-corrected chi connectivity index (χ2v) is 3.49. The number of rotatable bonds is 3. The molecule has 0 atom stereocenters. The van der Waals surface area contributed by atoms with E-state index in [9.17, 15) is 0 Å². The van der Waals surface area contributed by atoms with Gasteiger partial charge in [-0.25, -0.2) is 0 Å². The van der Waals surface area contributed by atoms with Crippen LogP contribution in [0.25, 0.3) is 0 Å². The summed E-state index contributed by atoms with van der Waals surface area (Å²) in [6, 6.07) is 0. The Balaban J connectivity index is 4.04. The smallest absolute Gasteiger partial charge is 0.0260 e. The summed E-state index contributed by atoms with van der Waals surface area (Å²) in [7, 11) is 0. The summed E-state index contributed by atoms with van der Waals surface area (Å²) in [6.45, 7) is 11.2. The molecular weight excluding hydrogens is 120 g/mol. The van der Waals surface area contributed by atoms with Crippen molar-refractivity contribution in [3.63, 3.8) is 0 Å². The first-order valence-electron chi connectivity index (χ1n) is 4.28. The molecule has 0 N–H and O–H groups in total. The van der Waals surface area contributed by atoms with E-state index in [-0.39, 0.29) is 0 Å². The molecule has 0 aromatic heterocycles.